The predicted molar refractivity (Wildman–Crippen MR) is 66.1 cm³/mol. The van der Waals surface area contributed by atoms with Crippen molar-refractivity contribution in [1.82, 2.24) is 4.90 Å². The van der Waals surface area contributed by atoms with E-state index in [-0.39, 0.29) is 18.6 Å². The van der Waals surface area contributed by atoms with Crippen LogP contribution >= 0.6 is 0 Å². The van der Waals surface area contributed by atoms with Crippen molar-refractivity contribution in [3.63, 3.8) is 0 Å². The SMILES string of the molecule is CC(C)N(CCCO)C(=O)CCCCCN. The second kappa shape index (κ2) is 9.60. The number of aliphatic hydroxyl groups excluding tert-OH is 1. The molecule has 16 heavy (non-hydrogen) atoms. The van der Waals surface area contributed by atoms with Crippen molar-refractivity contribution in [3.8, 4) is 0 Å². The van der Waals surface area contributed by atoms with Crippen LogP contribution in [0.1, 0.15) is 46.0 Å². The third-order valence-corrected chi connectivity index (χ3v) is 2.60. The van der Waals surface area contributed by atoms with Gasteiger partial charge >= 0.3 is 0 Å². The van der Waals surface area contributed by atoms with Crippen LogP contribution in [0, 0.1) is 0 Å². The van der Waals surface area contributed by atoms with Crippen LogP contribution in [0.4, 0.5) is 0 Å². The molecule has 0 aliphatic carbocycles. The van der Waals surface area contributed by atoms with E-state index >= 15 is 0 Å². The summed E-state index contributed by atoms with van der Waals surface area (Å²) in [7, 11) is 0. The zero-order valence-corrected chi connectivity index (χ0v) is 10.6. The molecular formula is C12H26N2O2. The lowest BCUT2D eigenvalue weighted by atomic mass is 10.1. The van der Waals surface area contributed by atoms with E-state index in [2.05, 4.69) is 0 Å². The molecule has 0 aliphatic heterocycles. The number of unbranched alkanes of at least 4 members (excludes halogenated alkanes) is 2. The maximum atomic E-state index is 11.9. The van der Waals surface area contributed by atoms with E-state index in [1.54, 1.807) is 0 Å². The van der Waals surface area contributed by atoms with E-state index in [1.807, 2.05) is 18.7 Å². The number of nitrogens with two attached hydrogens (primary N) is 1. The molecule has 0 saturated heterocycles. The number of nitrogens with zero attached hydrogens (tertiary/aromatic N) is 1. The van der Waals surface area contributed by atoms with Gasteiger partial charge in [0.05, 0.1) is 0 Å². The Morgan fingerprint density at radius 3 is 2.44 bits per heavy atom. The highest BCUT2D eigenvalue weighted by Crippen LogP contribution is 2.07. The molecular weight excluding hydrogens is 204 g/mol. The number of carbonyl (C=O) groups is 1. The van der Waals surface area contributed by atoms with Gasteiger partial charge in [0.15, 0.2) is 0 Å². The number of hydrogen-bond donors (Lipinski definition) is 2. The lowest BCUT2D eigenvalue weighted by Gasteiger charge is -2.26. The first-order valence-electron chi connectivity index (χ1n) is 6.23. The zero-order chi connectivity index (χ0) is 12.4. The van der Waals surface area contributed by atoms with Gasteiger partial charge in [-0.1, -0.05) is 6.42 Å². The molecule has 0 spiro atoms. The molecule has 96 valence electrons. The van der Waals surface area contributed by atoms with E-state index in [9.17, 15) is 4.79 Å². The maximum absolute atomic E-state index is 11.9. The molecule has 0 aliphatic rings. The highest BCUT2D eigenvalue weighted by molar-refractivity contribution is 5.76. The molecule has 0 bridgehead atoms. The van der Waals surface area contributed by atoms with Gasteiger partial charge in [-0.2, -0.15) is 0 Å². The van der Waals surface area contributed by atoms with Gasteiger partial charge in [0.1, 0.15) is 0 Å². The Balaban J connectivity index is 3.87. The first-order valence-corrected chi connectivity index (χ1v) is 6.23. The van der Waals surface area contributed by atoms with E-state index in [0.717, 1.165) is 19.3 Å². The molecule has 0 heterocycles. The summed E-state index contributed by atoms with van der Waals surface area (Å²) in [5.74, 6) is 0.195. The van der Waals surface area contributed by atoms with Crippen molar-refractivity contribution < 1.29 is 9.90 Å². The van der Waals surface area contributed by atoms with Crippen LogP contribution in [-0.2, 0) is 4.79 Å². The van der Waals surface area contributed by atoms with Crippen LogP contribution in [0.2, 0.25) is 0 Å². The Morgan fingerprint density at radius 1 is 1.25 bits per heavy atom. The molecule has 0 aromatic rings. The smallest absolute Gasteiger partial charge is 0.222 e. The molecule has 4 heteroatoms. The van der Waals surface area contributed by atoms with Crippen LogP contribution in [0.3, 0.4) is 0 Å². The quantitative estimate of drug-likeness (QED) is 0.583. The highest BCUT2D eigenvalue weighted by Gasteiger charge is 2.15. The second-order valence-electron chi connectivity index (χ2n) is 4.36. The number of amides is 1. The third kappa shape index (κ3) is 6.80. The van der Waals surface area contributed by atoms with Gasteiger partial charge in [0.2, 0.25) is 5.91 Å². The summed E-state index contributed by atoms with van der Waals surface area (Å²) in [6.45, 7) is 5.52. The van der Waals surface area contributed by atoms with Crippen LogP contribution in [0.25, 0.3) is 0 Å². The van der Waals surface area contributed by atoms with E-state index in [0.29, 0.717) is 25.9 Å². The fourth-order valence-electron chi connectivity index (χ4n) is 1.65. The van der Waals surface area contributed by atoms with Crippen molar-refractivity contribution in [1.29, 1.82) is 0 Å². The Labute approximate surface area is 98.8 Å². The summed E-state index contributed by atoms with van der Waals surface area (Å²) in [6, 6.07) is 0.216. The molecule has 1 amide bonds. The molecule has 0 unspecified atom stereocenters. The normalized spacial score (nSPS) is 10.8. The fourth-order valence-corrected chi connectivity index (χ4v) is 1.65. The van der Waals surface area contributed by atoms with Gasteiger partial charge in [-0.3, -0.25) is 4.79 Å². The summed E-state index contributed by atoms with van der Waals surface area (Å²) in [5, 5.41) is 8.77. The van der Waals surface area contributed by atoms with Crippen LogP contribution < -0.4 is 5.73 Å². The summed E-state index contributed by atoms with van der Waals surface area (Å²) in [6.07, 6.45) is 4.19. The van der Waals surface area contributed by atoms with Gasteiger partial charge in [0.25, 0.3) is 0 Å². The Morgan fingerprint density at radius 2 is 1.94 bits per heavy atom. The van der Waals surface area contributed by atoms with E-state index < -0.39 is 0 Å². The molecule has 0 fully saturated rings. The van der Waals surface area contributed by atoms with Gasteiger partial charge in [-0.15, -0.1) is 0 Å². The highest BCUT2D eigenvalue weighted by atomic mass is 16.3. The van der Waals surface area contributed by atoms with Crippen LogP contribution in [0.15, 0.2) is 0 Å². The largest absolute Gasteiger partial charge is 0.396 e. The Bertz CT molecular complexity index is 184. The van der Waals surface area contributed by atoms with Crippen molar-refractivity contribution in [2.75, 3.05) is 19.7 Å². The molecule has 0 rings (SSSR count). The van der Waals surface area contributed by atoms with Crippen molar-refractivity contribution in [2.45, 2.75) is 52.0 Å². The predicted octanol–water partition coefficient (Wildman–Crippen LogP) is 1.12. The van der Waals surface area contributed by atoms with Crippen molar-refractivity contribution in [2.24, 2.45) is 5.73 Å². The molecule has 0 atom stereocenters. The summed E-state index contributed by atoms with van der Waals surface area (Å²) < 4.78 is 0. The summed E-state index contributed by atoms with van der Waals surface area (Å²) in [5.41, 5.74) is 5.40. The van der Waals surface area contributed by atoms with Gasteiger partial charge in [0, 0.05) is 25.6 Å². The summed E-state index contributed by atoms with van der Waals surface area (Å²) >= 11 is 0. The monoisotopic (exact) mass is 230 g/mol. The second-order valence-corrected chi connectivity index (χ2v) is 4.36. The topological polar surface area (TPSA) is 66.6 Å². The number of hydrogen-bond acceptors (Lipinski definition) is 3. The van der Waals surface area contributed by atoms with Gasteiger partial charge in [-0.05, 0) is 39.7 Å². The average Bonchev–Trinajstić information content (AvgIpc) is 2.24. The Hall–Kier alpha value is -0.610. The van der Waals surface area contributed by atoms with Crippen LogP contribution in [-0.4, -0.2) is 41.7 Å². The number of aliphatic hydroxyl groups is 1. The summed E-state index contributed by atoms with van der Waals surface area (Å²) in [4.78, 5) is 13.7. The molecule has 4 nitrogen and oxygen atoms in total. The van der Waals surface area contributed by atoms with Gasteiger partial charge in [-0.25, -0.2) is 0 Å². The number of rotatable bonds is 9. The van der Waals surface area contributed by atoms with Crippen molar-refractivity contribution >= 4 is 5.91 Å². The molecule has 3 N–H and O–H groups in total. The first kappa shape index (κ1) is 15.4. The minimum absolute atomic E-state index is 0.143. The van der Waals surface area contributed by atoms with Crippen LogP contribution in [0.5, 0.6) is 0 Å². The molecule has 0 aromatic heterocycles. The minimum atomic E-state index is 0.143. The lowest BCUT2D eigenvalue weighted by molar-refractivity contribution is -0.133. The van der Waals surface area contributed by atoms with E-state index in [4.69, 9.17) is 10.8 Å². The Kier molecular flexibility index (Phi) is 9.24. The average molecular weight is 230 g/mol. The van der Waals surface area contributed by atoms with Gasteiger partial charge < -0.3 is 15.7 Å². The standard InChI is InChI=1S/C12H26N2O2/c1-11(2)14(9-6-10-15)12(16)7-4-3-5-8-13/h11,15H,3-10,13H2,1-2H3. The maximum Gasteiger partial charge on any atom is 0.222 e. The third-order valence-electron chi connectivity index (χ3n) is 2.60. The fraction of sp³-hybridized carbons (Fsp3) is 0.917. The van der Waals surface area contributed by atoms with E-state index in [1.165, 1.54) is 0 Å². The molecule has 0 saturated carbocycles. The molecule has 0 aromatic carbocycles. The first-order chi connectivity index (χ1) is 7.63. The van der Waals surface area contributed by atoms with Crippen molar-refractivity contribution in [3.05, 3.63) is 0 Å². The molecule has 0 radical (unpaired) electrons. The zero-order valence-electron chi connectivity index (χ0n) is 10.6. The minimum Gasteiger partial charge on any atom is -0.396 e. The lowest BCUT2D eigenvalue weighted by Crippen LogP contribution is -2.37. The number of carbonyl (C=O) groups excluding carboxylic acids is 1.